The van der Waals surface area contributed by atoms with E-state index in [4.69, 9.17) is 15.9 Å². The van der Waals surface area contributed by atoms with E-state index in [0.717, 1.165) is 24.3 Å². The Hall–Kier alpha value is -1.62. The summed E-state index contributed by atoms with van der Waals surface area (Å²) in [5.74, 6) is 4.14. The summed E-state index contributed by atoms with van der Waals surface area (Å²) in [6, 6.07) is 5.92. The minimum Gasteiger partial charge on any atom is -0.487 e. The lowest BCUT2D eigenvalue weighted by atomic mass is 9.94. The molecule has 84 valence electrons. The van der Waals surface area contributed by atoms with Crippen molar-refractivity contribution in [2.24, 2.45) is 0 Å². The van der Waals surface area contributed by atoms with Crippen LogP contribution < -0.4 is 9.47 Å². The van der Waals surface area contributed by atoms with Crippen LogP contribution in [0.5, 0.6) is 11.5 Å². The predicted molar refractivity (Wildman–Crippen MR) is 63.8 cm³/mol. The molecule has 0 unspecified atom stereocenters. The van der Waals surface area contributed by atoms with Crippen LogP contribution in [0.2, 0.25) is 0 Å². The molecular weight excluding hydrogens is 200 g/mol. The minimum absolute atomic E-state index is 0.0856. The monoisotopic (exact) mass is 216 g/mol. The Kier molecular flexibility index (Phi) is 2.78. The van der Waals surface area contributed by atoms with Crippen molar-refractivity contribution in [1.82, 2.24) is 0 Å². The van der Waals surface area contributed by atoms with Crippen LogP contribution >= 0.6 is 0 Å². The zero-order valence-electron chi connectivity index (χ0n) is 9.75. The van der Waals surface area contributed by atoms with Gasteiger partial charge in [-0.25, -0.2) is 0 Å². The van der Waals surface area contributed by atoms with E-state index in [0.29, 0.717) is 6.61 Å². The fraction of sp³-hybridized carbons (Fsp3) is 0.429. The summed E-state index contributed by atoms with van der Waals surface area (Å²) in [6.45, 7) is 4.50. The standard InChI is InChI=1S/C14H16O2/c1-4-9-15-12-6-5-11-7-8-14(2,3)16-13(11)10-12/h1,5-6,10H,7-9H2,2-3H3. The molecular formula is C14H16O2. The number of ether oxygens (including phenoxy) is 2. The molecule has 0 aromatic heterocycles. The van der Waals surface area contributed by atoms with Crippen LogP contribution in [-0.2, 0) is 6.42 Å². The number of aryl methyl sites for hydroxylation is 1. The van der Waals surface area contributed by atoms with Gasteiger partial charge in [-0.3, -0.25) is 0 Å². The van der Waals surface area contributed by atoms with Gasteiger partial charge in [0.2, 0.25) is 0 Å². The highest BCUT2D eigenvalue weighted by Gasteiger charge is 2.26. The summed E-state index contributed by atoms with van der Waals surface area (Å²) in [6.07, 6.45) is 7.25. The quantitative estimate of drug-likeness (QED) is 0.708. The van der Waals surface area contributed by atoms with E-state index in [1.54, 1.807) is 0 Å². The molecule has 0 spiro atoms. The first-order valence-electron chi connectivity index (χ1n) is 5.49. The summed E-state index contributed by atoms with van der Waals surface area (Å²) >= 11 is 0. The lowest BCUT2D eigenvalue weighted by Gasteiger charge is -2.32. The largest absolute Gasteiger partial charge is 0.487 e. The molecule has 1 aliphatic rings. The van der Waals surface area contributed by atoms with E-state index in [1.165, 1.54) is 5.56 Å². The van der Waals surface area contributed by atoms with Gasteiger partial charge in [0.05, 0.1) is 0 Å². The average molecular weight is 216 g/mol. The third kappa shape index (κ3) is 2.30. The van der Waals surface area contributed by atoms with Crippen molar-refractivity contribution in [3.8, 4) is 23.8 Å². The highest BCUT2D eigenvalue weighted by Crippen LogP contribution is 2.35. The first kappa shape index (κ1) is 10.9. The van der Waals surface area contributed by atoms with Gasteiger partial charge in [-0.05, 0) is 38.3 Å². The van der Waals surface area contributed by atoms with E-state index in [9.17, 15) is 0 Å². The highest BCUT2D eigenvalue weighted by atomic mass is 16.5. The summed E-state index contributed by atoms with van der Waals surface area (Å²) in [7, 11) is 0. The Morgan fingerprint density at radius 1 is 1.50 bits per heavy atom. The number of hydrogen-bond acceptors (Lipinski definition) is 2. The molecule has 0 atom stereocenters. The maximum Gasteiger partial charge on any atom is 0.148 e. The molecule has 0 N–H and O–H groups in total. The van der Waals surface area contributed by atoms with Crippen LogP contribution in [0.4, 0.5) is 0 Å². The Bertz CT molecular complexity index is 427. The first-order valence-corrected chi connectivity index (χ1v) is 5.49. The fourth-order valence-electron chi connectivity index (χ4n) is 1.84. The van der Waals surface area contributed by atoms with Gasteiger partial charge in [-0.15, -0.1) is 6.42 Å². The van der Waals surface area contributed by atoms with Crippen LogP contribution in [0, 0.1) is 12.3 Å². The Morgan fingerprint density at radius 3 is 3.06 bits per heavy atom. The molecule has 1 aromatic rings. The van der Waals surface area contributed by atoms with Crippen LogP contribution in [-0.4, -0.2) is 12.2 Å². The van der Waals surface area contributed by atoms with Gasteiger partial charge in [0, 0.05) is 6.07 Å². The number of benzene rings is 1. The molecule has 2 heteroatoms. The lowest BCUT2D eigenvalue weighted by molar-refractivity contribution is 0.0843. The van der Waals surface area contributed by atoms with E-state index < -0.39 is 0 Å². The Labute approximate surface area is 96.6 Å². The van der Waals surface area contributed by atoms with Gasteiger partial charge in [0.25, 0.3) is 0 Å². The molecule has 0 radical (unpaired) electrons. The van der Waals surface area contributed by atoms with Gasteiger partial charge >= 0.3 is 0 Å². The van der Waals surface area contributed by atoms with Crippen molar-refractivity contribution in [2.45, 2.75) is 32.3 Å². The molecule has 1 heterocycles. The van der Waals surface area contributed by atoms with Crippen molar-refractivity contribution < 1.29 is 9.47 Å². The topological polar surface area (TPSA) is 18.5 Å². The molecule has 0 aliphatic carbocycles. The van der Waals surface area contributed by atoms with Crippen LogP contribution in [0.15, 0.2) is 18.2 Å². The summed E-state index contributed by atoms with van der Waals surface area (Å²) in [4.78, 5) is 0. The van der Waals surface area contributed by atoms with Gasteiger partial charge in [-0.2, -0.15) is 0 Å². The zero-order chi connectivity index (χ0) is 11.6. The van der Waals surface area contributed by atoms with E-state index in [2.05, 4.69) is 25.8 Å². The van der Waals surface area contributed by atoms with E-state index in [1.807, 2.05) is 12.1 Å². The van der Waals surface area contributed by atoms with Gasteiger partial charge in [-0.1, -0.05) is 12.0 Å². The Balaban J connectivity index is 2.21. The van der Waals surface area contributed by atoms with Crippen LogP contribution in [0.3, 0.4) is 0 Å². The van der Waals surface area contributed by atoms with Crippen molar-refractivity contribution >= 4 is 0 Å². The van der Waals surface area contributed by atoms with Crippen molar-refractivity contribution in [2.75, 3.05) is 6.61 Å². The van der Waals surface area contributed by atoms with E-state index >= 15 is 0 Å². The fourth-order valence-corrected chi connectivity index (χ4v) is 1.84. The lowest BCUT2D eigenvalue weighted by Crippen LogP contribution is -2.32. The first-order chi connectivity index (χ1) is 7.61. The molecule has 0 saturated heterocycles. The molecule has 1 aromatic carbocycles. The molecule has 0 fully saturated rings. The molecule has 2 nitrogen and oxygen atoms in total. The van der Waals surface area contributed by atoms with Gasteiger partial charge in [0.15, 0.2) is 0 Å². The number of hydrogen-bond donors (Lipinski definition) is 0. The zero-order valence-corrected chi connectivity index (χ0v) is 9.75. The second-order valence-electron chi connectivity index (χ2n) is 4.62. The normalized spacial score (nSPS) is 16.8. The van der Waals surface area contributed by atoms with E-state index in [-0.39, 0.29) is 5.60 Å². The van der Waals surface area contributed by atoms with Crippen LogP contribution in [0.25, 0.3) is 0 Å². The predicted octanol–water partition coefficient (Wildman–Crippen LogP) is 2.80. The number of terminal acetylenes is 1. The molecule has 16 heavy (non-hydrogen) atoms. The SMILES string of the molecule is C#CCOc1ccc2c(c1)OC(C)(C)CC2. The molecule has 1 aliphatic heterocycles. The summed E-state index contributed by atoms with van der Waals surface area (Å²) in [5, 5.41) is 0. The number of fused-ring (bicyclic) bond motifs is 1. The smallest absolute Gasteiger partial charge is 0.148 e. The highest BCUT2D eigenvalue weighted by molar-refractivity contribution is 5.42. The third-order valence-corrected chi connectivity index (χ3v) is 2.74. The van der Waals surface area contributed by atoms with Crippen molar-refractivity contribution in [3.63, 3.8) is 0 Å². The summed E-state index contributed by atoms with van der Waals surface area (Å²) < 4.78 is 11.3. The third-order valence-electron chi connectivity index (χ3n) is 2.74. The van der Waals surface area contributed by atoms with Gasteiger partial charge in [0.1, 0.15) is 23.7 Å². The number of rotatable bonds is 2. The molecule has 0 amide bonds. The van der Waals surface area contributed by atoms with Crippen LogP contribution in [0.1, 0.15) is 25.8 Å². The summed E-state index contributed by atoms with van der Waals surface area (Å²) in [5.41, 5.74) is 1.16. The molecule has 2 rings (SSSR count). The van der Waals surface area contributed by atoms with Crippen molar-refractivity contribution in [1.29, 1.82) is 0 Å². The van der Waals surface area contributed by atoms with Crippen molar-refractivity contribution in [3.05, 3.63) is 23.8 Å². The second kappa shape index (κ2) is 4.09. The van der Waals surface area contributed by atoms with Gasteiger partial charge < -0.3 is 9.47 Å². The molecule has 0 bridgehead atoms. The Morgan fingerprint density at radius 2 is 2.31 bits per heavy atom. The second-order valence-corrected chi connectivity index (χ2v) is 4.62. The minimum atomic E-state index is -0.0856. The maximum absolute atomic E-state index is 5.91. The average Bonchev–Trinajstić information content (AvgIpc) is 2.24. The molecule has 0 saturated carbocycles. The maximum atomic E-state index is 5.91.